The first kappa shape index (κ1) is 11.7. The molecule has 6 heteroatoms. The lowest BCUT2D eigenvalue weighted by Crippen LogP contribution is -2.35. The summed E-state index contributed by atoms with van der Waals surface area (Å²) in [4.78, 5) is 8.98. The molecule has 18 heavy (non-hydrogen) atoms. The summed E-state index contributed by atoms with van der Waals surface area (Å²) in [6.07, 6.45) is 1.10. The average molecular weight is 278 g/mol. The Morgan fingerprint density at radius 2 is 2.28 bits per heavy atom. The monoisotopic (exact) mass is 278 g/mol. The lowest BCUT2D eigenvalue weighted by molar-refractivity contribution is 0.740. The van der Waals surface area contributed by atoms with Crippen LogP contribution in [-0.2, 0) is 0 Å². The van der Waals surface area contributed by atoms with Gasteiger partial charge in [0.1, 0.15) is 0 Å². The van der Waals surface area contributed by atoms with Crippen LogP contribution in [0.15, 0.2) is 21.1 Å². The quantitative estimate of drug-likeness (QED) is 0.888. The van der Waals surface area contributed by atoms with Crippen molar-refractivity contribution in [2.75, 3.05) is 18.4 Å². The zero-order chi connectivity index (χ0) is 12.4. The van der Waals surface area contributed by atoms with Crippen molar-refractivity contribution in [2.45, 2.75) is 13.3 Å². The number of thiophene rings is 1. The van der Waals surface area contributed by atoms with Gasteiger partial charge in [0.15, 0.2) is 11.1 Å². The van der Waals surface area contributed by atoms with Gasteiger partial charge in [-0.25, -0.2) is 4.98 Å². The van der Waals surface area contributed by atoms with E-state index in [-0.39, 0.29) is 0 Å². The Hall–Kier alpha value is -1.40. The summed E-state index contributed by atoms with van der Waals surface area (Å²) in [5, 5.41) is 13.7. The summed E-state index contributed by atoms with van der Waals surface area (Å²) in [6.45, 7) is 3.98. The lowest BCUT2D eigenvalue weighted by atomic mass is 10.2. The van der Waals surface area contributed by atoms with Crippen molar-refractivity contribution >= 4 is 33.8 Å². The third-order valence-electron chi connectivity index (χ3n) is 2.76. The molecule has 2 N–H and O–H groups in total. The first-order valence-corrected chi connectivity index (χ1v) is 7.69. The summed E-state index contributed by atoms with van der Waals surface area (Å²) in [7, 11) is 0. The molecule has 0 amide bonds. The Balaban J connectivity index is 1.77. The number of aliphatic imine (C=N–C) groups is 1. The summed E-state index contributed by atoms with van der Waals surface area (Å²) >= 11 is 3.33. The number of nitrogens with one attached hydrogen (secondary N) is 2. The lowest BCUT2D eigenvalue weighted by Gasteiger charge is -2.14. The maximum Gasteiger partial charge on any atom is 0.197 e. The van der Waals surface area contributed by atoms with E-state index in [1.807, 2.05) is 0 Å². The van der Waals surface area contributed by atoms with Gasteiger partial charge in [-0.3, -0.25) is 4.99 Å². The van der Waals surface area contributed by atoms with Gasteiger partial charge in [0, 0.05) is 29.4 Å². The third kappa shape index (κ3) is 2.39. The summed E-state index contributed by atoms with van der Waals surface area (Å²) in [5.41, 5.74) is 3.55. The van der Waals surface area contributed by atoms with Crippen molar-refractivity contribution in [1.82, 2.24) is 10.3 Å². The van der Waals surface area contributed by atoms with Gasteiger partial charge in [-0.2, -0.15) is 11.3 Å². The van der Waals surface area contributed by atoms with Crippen LogP contribution in [0.5, 0.6) is 0 Å². The summed E-state index contributed by atoms with van der Waals surface area (Å²) in [6, 6.07) is 0. The van der Waals surface area contributed by atoms with Gasteiger partial charge in [0.05, 0.1) is 5.69 Å². The van der Waals surface area contributed by atoms with Gasteiger partial charge in [0.2, 0.25) is 0 Å². The highest BCUT2D eigenvalue weighted by Gasteiger charge is 2.10. The Morgan fingerprint density at radius 3 is 3.00 bits per heavy atom. The molecular weight excluding hydrogens is 264 g/mol. The van der Waals surface area contributed by atoms with Crippen LogP contribution >= 0.6 is 22.7 Å². The Labute approximate surface area is 114 Å². The number of nitrogens with zero attached hydrogens (tertiary/aromatic N) is 2. The number of rotatable bonds is 2. The Bertz CT molecular complexity index is 570. The van der Waals surface area contributed by atoms with Crippen molar-refractivity contribution in [3.63, 3.8) is 0 Å². The van der Waals surface area contributed by atoms with Crippen LogP contribution in [0.2, 0.25) is 0 Å². The van der Waals surface area contributed by atoms with Gasteiger partial charge < -0.3 is 10.6 Å². The van der Waals surface area contributed by atoms with E-state index >= 15 is 0 Å². The maximum atomic E-state index is 4.60. The van der Waals surface area contributed by atoms with Crippen LogP contribution in [0, 0.1) is 6.92 Å². The molecule has 1 aliphatic rings. The smallest absolute Gasteiger partial charge is 0.197 e. The number of thiazole rings is 1. The number of hydrogen-bond acceptors (Lipinski definition) is 6. The van der Waals surface area contributed by atoms with Crippen LogP contribution in [0.3, 0.4) is 0 Å². The molecule has 0 radical (unpaired) electrons. The van der Waals surface area contributed by atoms with Crippen molar-refractivity contribution in [3.8, 4) is 11.3 Å². The minimum absolute atomic E-state index is 0.837. The van der Waals surface area contributed by atoms with E-state index in [9.17, 15) is 0 Å². The number of hydrogen-bond donors (Lipinski definition) is 2. The molecule has 2 aromatic rings. The molecule has 0 aliphatic carbocycles. The molecule has 2 aromatic heterocycles. The minimum Gasteiger partial charge on any atom is -0.356 e. The molecule has 3 heterocycles. The molecule has 0 spiro atoms. The van der Waals surface area contributed by atoms with E-state index in [2.05, 4.69) is 43.7 Å². The predicted molar refractivity (Wildman–Crippen MR) is 78.7 cm³/mol. The van der Waals surface area contributed by atoms with E-state index in [1.54, 1.807) is 22.7 Å². The maximum absolute atomic E-state index is 4.60. The molecule has 0 aromatic carbocycles. The van der Waals surface area contributed by atoms with Gasteiger partial charge in [-0.1, -0.05) is 0 Å². The van der Waals surface area contributed by atoms with Crippen molar-refractivity contribution in [3.05, 3.63) is 21.7 Å². The number of aromatic nitrogens is 1. The average Bonchev–Trinajstić information content (AvgIpc) is 2.99. The zero-order valence-electron chi connectivity index (χ0n) is 10.1. The van der Waals surface area contributed by atoms with Crippen molar-refractivity contribution in [2.24, 2.45) is 4.99 Å². The minimum atomic E-state index is 0.837. The van der Waals surface area contributed by atoms with Crippen LogP contribution < -0.4 is 10.6 Å². The van der Waals surface area contributed by atoms with E-state index < -0.39 is 0 Å². The van der Waals surface area contributed by atoms with Gasteiger partial charge in [-0.05, 0) is 24.3 Å². The number of anilines is 1. The topological polar surface area (TPSA) is 49.3 Å². The van der Waals surface area contributed by atoms with Crippen molar-refractivity contribution < 1.29 is 0 Å². The van der Waals surface area contributed by atoms with Crippen LogP contribution in [0.1, 0.15) is 12.0 Å². The van der Waals surface area contributed by atoms with E-state index in [1.165, 1.54) is 11.1 Å². The van der Waals surface area contributed by atoms with Gasteiger partial charge in [-0.15, -0.1) is 11.3 Å². The molecular formula is C12H14N4S2. The first-order valence-electron chi connectivity index (χ1n) is 5.87. The highest BCUT2D eigenvalue weighted by Crippen LogP contribution is 2.29. The number of guanidine groups is 1. The molecule has 3 rings (SSSR count). The predicted octanol–water partition coefficient (Wildman–Crippen LogP) is 2.94. The fraction of sp³-hybridized carbons (Fsp3) is 0.333. The molecule has 0 fully saturated rings. The molecule has 0 unspecified atom stereocenters. The van der Waals surface area contributed by atoms with E-state index in [4.69, 9.17) is 0 Å². The third-order valence-corrected chi connectivity index (χ3v) is 4.38. The van der Waals surface area contributed by atoms with E-state index in [0.717, 1.165) is 36.3 Å². The van der Waals surface area contributed by atoms with Crippen LogP contribution in [0.25, 0.3) is 11.3 Å². The molecule has 0 saturated heterocycles. The fourth-order valence-electron chi connectivity index (χ4n) is 1.80. The van der Waals surface area contributed by atoms with E-state index in [0.29, 0.717) is 0 Å². The molecule has 0 atom stereocenters. The highest BCUT2D eigenvalue weighted by atomic mass is 32.1. The first-order chi connectivity index (χ1) is 8.83. The van der Waals surface area contributed by atoms with Crippen molar-refractivity contribution in [1.29, 1.82) is 0 Å². The molecule has 1 aliphatic heterocycles. The zero-order valence-corrected chi connectivity index (χ0v) is 11.7. The molecule has 0 bridgehead atoms. The second kappa shape index (κ2) is 5.07. The Kier molecular flexibility index (Phi) is 3.29. The highest BCUT2D eigenvalue weighted by molar-refractivity contribution is 7.14. The number of aryl methyl sites for hydroxylation is 1. The van der Waals surface area contributed by atoms with Gasteiger partial charge >= 0.3 is 0 Å². The largest absolute Gasteiger partial charge is 0.356 e. The molecule has 4 nitrogen and oxygen atoms in total. The standard InChI is InChI=1S/C12H14N4S2/c1-8-5-17-6-9(8)10-7-18-12(15-10)16-11-13-3-2-4-14-11/h5-7H,2-4H2,1H3,(H2,13,14,15,16). The molecule has 94 valence electrons. The van der Waals surface area contributed by atoms with Gasteiger partial charge in [0.25, 0.3) is 0 Å². The second-order valence-electron chi connectivity index (χ2n) is 4.14. The summed E-state index contributed by atoms with van der Waals surface area (Å²) < 4.78 is 0. The summed E-state index contributed by atoms with van der Waals surface area (Å²) in [5.74, 6) is 0.837. The second-order valence-corrected chi connectivity index (χ2v) is 5.74. The van der Waals surface area contributed by atoms with Crippen LogP contribution in [-0.4, -0.2) is 24.0 Å². The Morgan fingerprint density at radius 1 is 1.33 bits per heavy atom. The fourth-order valence-corrected chi connectivity index (χ4v) is 3.35. The van der Waals surface area contributed by atoms with Crippen LogP contribution in [0.4, 0.5) is 5.13 Å². The normalized spacial score (nSPS) is 15.1. The SMILES string of the molecule is Cc1cscc1-c1csc(NC2=NCCCN2)n1. The molecule has 0 saturated carbocycles.